The Labute approximate surface area is 158 Å². The molecule has 0 spiro atoms. The lowest BCUT2D eigenvalue weighted by molar-refractivity contribution is -0.115. The molecule has 0 aliphatic rings. The summed E-state index contributed by atoms with van der Waals surface area (Å²) in [6.45, 7) is 4.44. The highest BCUT2D eigenvalue weighted by Gasteiger charge is 2.15. The first kappa shape index (κ1) is 18.0. The van der Waals surface area contributed by atoms with Gasteiger partial charge in [-0.05, 0) is 56.3 Å². The summed E-state index contributed by atoms with van der Waals surface area (Å²) in [7, 11) is 0. The average Bonchev–Trinajstić information content (AvgIpc) is 2.91. The van der Waals surface area contributed by atoms with Gasteiger partial charge in [0.15, 0.2) is 0 Å². The van der Waals surface area contributed by atoms with Crippen LogP contribution in [0.4, 0.5) is 5.69 Å². The molecule has 1 amide bonds. The fourth-order valence-corrected chi connectivity index (χ4v) is 4.45. The highest BCUT2D eigenvalue weighted by atomic mass is 35.5. The topological polar surface area (TPSA) is 51.1 Å². The molecule has 130 valence electrons. The van der Waals surface area contributed by atoms with E-state index < -0.39 is 0 Å². The van der Waals surface area contributed by atoms with E-state index in [-0.39, 0.29) is 16.0 Å². The summed E-state index contributed by atoms with van der Waals surface area (Å²) in [5.74, 6) is -0.0819. The van der Waals surface area contributed by atoms with E-state index in [9.17, 15) is 9.59 Å². The van der Waals surface area contributed by atoms with Crippen molar-refractivity contribution in [2.45, 2.75) is 30.5 Å². The zero-order chi connectivity index (χ0) is 18.0. The maximum Gasteiger partial charge on any atom is 0.308 e. The fraction of sp³-hybridized carbons (Fsp3) is 0.222. The molecule has 3 rings (SSSR count). The van der Waals surface area contributed by atoms with E-state index in [2.05, 4.69) is 5.32 Å². The van der Waals surface area contributed by atoms with E-state index in [0.29, 0.717) is 17.3 Å². The molecule has 0 bridgehead atoms. The van der Waals surface area contributed by atoms with E-state index in [1.807, 2.05) is 56.3 Å². The molecular formula is C18H17ClN2O2S2. The number of halogens is 1. The lowest BCUT2D eigenvalue weighted by atomic mass is 10.3. The molecule has 0 radical (unpaired) electrons. The molecule has 0 aliphatic heterocycles. The van der Waals surface area contributed by atoms with E-state index in [4.69, 9.17) is 11.6 Å². The smallest absolute Gasteiger partial charge is 0.308 e. The number of hydrogen-bond donors (Lipinski definition) is 1. The van der Waals surface area contributed by atoms with Crippen molar-refractivity contribution in [2.24, 2.45) is 0 Å². The van der Waals surface area contributed by atoms with Crippen molar-refractivity contribution >= 4 is 56.5 Å². The number of rotatable bonds is 5. The largest absolute Gasteiger partial charge is 0.325 e. The van der Waals surface area contributed by atoms with Gasteiger partial charge in [-0.1, -0.05) is 22.9 Å². The molecule has 0 aliphatic carbocycles. The quantitative estimate of drug-likeness (QED) is 0.631. The van der Waals surface area contributed by atoms with Gasteiger partial charge in [0.25, 0.3) is 0 Å². The highest BCUT2D eigenvalue weighted by Crippen LogP contribution is 2.26. The number of amides is 1. The fourth-order valence-electron chi connectivity index (χ4n) is 2.46. The summed E-state index contributed by atoms with van der Waals surface area (Å²) in [5, 5.41) is 3.34. The molecule has 25 heavy (non-hydrogen) atoms. The van der Waals surface area contributed by atoms with Crippen molar-refractivity contribution in [1.82, 2.24) is 4.57 Å². The third-order valence-electron chi connectivity index (χ3n) is 3.75. The SMILES string of the molecule is CCn1c(=O)sc2cc(NC(=O)[C@@H](C)Sc3ccc(Cl)cc3)ccc21. The first-order valence-corrected chi connectivity index (χ1v) is 9.92. The van der Waals surface area contributed by atoms with Crippen LogP contribution >= 0.6 is 34.7 Å². The Morgan fingerprint density at radius 1 is 1.28 bits per heavy atom. The second kappa shape index (κ2) is 7.64. The van der Waals surface area contributed by atoms with Gasteiger partial charge < -0.3 is 5.32 Å². The minimum atomic E-state index is -0.254. The normalized spacial score (nSPS) is 12.3. The number of thiazole rings is 1. The molecule has 1 atom stereocenters. The maximum atomic E-state index is 12.4. The van der Waals surface area contributed by atoms with Crippen molar-refractivity contribution in [3.63, 3.8) is 0 Å². The summed E-state index contributed by atoms with van der Waals surface area (Å²) in [5.41, 5.74) is 1.60. The van der Waals surface area contributed by atoms with Crippen molar-refractivity contribution in [2.75, 3.05) is 5.32 Å². The van der Waals surface area contributed by atoms with Gasteiger partial charge in [0, 0.05) is 22.2 Å². The first-order valence-electron chi connectivity index (χ1n) is 7.84. The number of anilines is 1. The zero-order valence-electron chi connectivity index (χ0n) is 13.8. The Morgan fingerprint density at radius 2 is 2.00 bits per heavy atom. The Bertz CT molecular complexity index is 963. The van der Waals surface area contributed by atoms with Crippen LogP contribution in [0.1, 0.15) is 13.8 Å². The summed E-state index contributed by atoms with van der Waals surface area (Å²) in [6, 6.07) is 13.0. The first-order chi connectivity index (χ1) is 12.0. The monoisotopic (exact) mass is 392 g/mol. The zero-order valence-corrected chi connectivity index (χ0v) is 16.2. The standard InChI is InChI=1S/C18H17ClN2O2S2/c1-3-21-15-9-6-13(10-16(15)25-18(21)23)20-17(22)11(2)24-14-7-4-12(19)5-8-14/h4-11H,3H2,1-2H3,(H,20,22)/t11-/m1/s1. The molecule has 7 heteroatoms. The lowest BCUT2D eigenvalue weighted by Crippen LogP contribution is -2.22. The predicted octanol–water partition coefficient (Wildman–Crippen LogP) is 4.86. The van der Waals surface area contributed by atoms with Crippen LogP contribution < -0.4 is 10.2 Å². The van der Waals surface area contributed by atoms with E-state index in [1.165, 1.54) is 23.1 Å². The van der Waals surface area contributed by atoms with Crippen LogP contribution in [-0.2, 0) is 11.3 Å². The molecular weight excluding hydrogens is 376 g/mol. The Hall–Kier alpha value is -1.76. The number of aryl methyl sites for hydroxylation is 1. The Balaban J connectivity index is 1.72. The van der Waals surface area contributed by atoms with Crippen LogP contribution in [-0.4, -0.2) is 15.7 Å². The van der Waals surface area contributed by atoms with E-state index in [0.717, 1.165) is 15.1 Å². The number of thioether (sulfide) groups is 1. The predicted molar refractivity (Wildman–Crippen MR) is 107 cm³/mol. The van der Waals surface area contributed by atoms with Gasteiger partial charge in [-0.2, -0.15) is 0 Å². The van der Waals surface area contributed by atoms with Gasteiger partial charge in [0.2, 0.25) is 5.91 Å². The third-order valence-corrected chi connectivity index (χ3v) is 6.05. The number of hydrogen-bond acceptors (Lipinski definition) is 4. The van der Waals surface area contributed by atoms with Crippen LogP contribution in [0.2, 0.25) is 5.02 Å². The summed E-state index contributed by atoms with van der Waals surface area (Å²) in [6.07, 6.45) is 0. The van der Waals surface area contributed by atoms with Gasteiger partial charge >= 0.3 is 4.87 Å². The van der Waals surface area contributed by atoms with Gasteiger partial charge in [0.1, 0.15) is 0 Å². The maximum absolute atomic E-state index is 12.4. The molecule has 2 aromatic carbocycles. The number of benzene rings is 2. The average molecular weight is 393 g/mol. The van der Waals surface area contributed by atoms with Gasteiger partial charge in [-0.25, -0.2) is 0 Å². The molecule has 0 saturated carbocycles. The van der Waals surface area contributed by atoms with Crippen LogP contribution in [0.5, 0.6) is 0 Å². The van der Waals surface area contributed by atoms with E-state index in [1.54, 1.807) is 4.57 Å². The van der Waals surface area contributed by atoms with Crippen LogP contribution in [0.15, 0.2) is 52.2 Å². The third kappa shape index (κ3) is 4.08. The van der Waals surface area contributed by atoms with Gasteiger partial charge in [0.05, 0.1) is 15.5 Å². The van der Waals surface area contributed by atoms with Crippen LogP contribution in [0, 0.1) is 0 Å². The van der Waals surface area contributed by atoms with Crippen molar-refractivity contribution in [3.05, 3.63) is 57.2 Å². The minimum Gasteiger partial charge on any atom is -0.325 e. The van der Waals surface area contributed by atoms with Crippen molar-refractivity contribution < 1.29 is 4.79 Å². The van der Waals surface area contributed by atoms with Crippen molar-refractivity contribution in [3.8, 4) is 0 Å². The van der Waals surface area contributed by atoms with Crippen molar-refractivity contribution in [1.29, 1.82) is 0 Å². The molecule has 4 nitrogen and oxygen atoms in total. The molecule has 1 N–H and O–H groups in total. The van der Waals surface area contributed by atoms with E-state index >= 15 is 0 Å². The molecule has 3 aromatic rings. The second-order valence-electron chi connectivity index (χ2n) is 5.50. The lowest BCUT2D eigenvalue weighted by Gasteiger charge is -2.12. The van der Waals surface area contributed by atoms with Crippen LogP contribution in [0.25, 0.3) is 10.2 Å². The molecule has 0 unspecified atom stereocenters. The molecule has 1 aromatic heterocycles. The Morgan fingerprint density at radius 3 is 2.68 bits per heavy atom. The number of fused-ring (bicyclic) bond motifs is 1. The summed E-state index contributed by atoms with van der Waals surface area (Å²) < 4.78 is 2.60. The highest BCUT2D eigenvalue weighted by molar-refractivity contribution is 8.00. The number of nitrogens with one attached hydrogen (secondary N) is 1. The minimum absolute atomic E-state index is 0.0210. The molecule has 0 saturated heterocycles. The summed E-state index contributed by atoms with van der Waals surface area (Å²) in [4.78, 5) is 25.4. The Kier molecular flexibility index (Phi) is 5.51. The molecule has 1 heterocycles. The van der Waals surface area contributed by atoms with Gasteiger partial charge in [-0.3, -0.25) is 14.2 Å². The number of aromatic nitrogens is 1. The second-order valence-corrected chi connectivity index (χ2v) is 8.34. The molecule has 0 fully saturated rings. The summed E-state index contributed by atoms with van der Waals surface area (Å²) >= 11 is 8.54. The number of carbonyl (C=O) groups is 1. The van der Waals surface area contributed by atoms with Gasteiger partial charge in [-0.15, -0.1) is 11.8 Å². The number of carbonyl (C=O) groups excluding carboxylic acids is 1. The number of nitrogens with zero attached hydrogens (tertiary/aromatic N) is 1. The van der Waals surface area contributed by atoms with Crippen LogP contribution in [0.3, 0.4) is 0 Å².